The van der Waals surface area contributed by atoms with Crippen molar-refractivity contribution in [2.24, 2.45) is 11.8 Å². The first-order valence-corrected chi connectivity index (χ1v) is 9.20. The summed E-state index contributed by atoms with van der Waals surface area (Å²) in [5.41, 5.74) is 0. The lowest BCUT2D eigenvalue weighted by atomic mass is 9.92. The molecule has 9 heteroatoms. The first-order valence-electron chi connectivity index (χ1n) is 7.76. The SMILES string of the molecule is COC(=O)COc1ccc(S(=O)(=O)N2CC(C)CC(C(=O)O)C2)cc1. The van der Waals surface area contributed by atoms with E-state index in [2.05, 4.69) is 4.74 Å². The van der Waals surface area contributed by atoms with Crippen molar-refractivity contribution in [1.82, 2.24) is 4.31 Å². The first kappa shape index (κ1) is 19.2. The van der Waals surface area contributed by atoms with Gasteiger partial charge in [0.05, 0.1) is 17.9 Å². The molecule has 1 aromatic rings. The number of hydrogen-bond acceptors (Lipinski definition) is 6. The van der Waals surface area contributed by atoms with Crippen LogP contribution in [-0.2, 0) is 24.3 Å². The number of sulfonamides is 1. The van der Waals surface area contributed by atoms with Gasteiger partial charge in [0.15, 0.2) is 6.61 Å². The van der Waals surface area contributed by atoms with Gasteiger partial charge in [-0.2, -0.15) is 4.31 Å². The number of carbonyl (C=O) groups excluding carboxylic acids is 1. The van der Waals surface area contributed by atoms with E-state index in [0.29, 0.717) is 12.2 Å². The summed E-state index contributed by atoms with van der Waals surface area (Å²) in [6, 6.07) is 5.63. The molecule has 25 heavy (non-hydrogen) atoms. The fourth-order valence-corrected chi connectivity index (χ4v) is 4.34. The zero-order valence-electron chi connectivity index (χ0n) is 14.0. The number of piperidine rings is 1. The Hall–Kier alpha value is -2.13. The summed E-state index contributed by atoms with van der Waals surface area (Å²) < 4.78 is 36.3. The molecule has 138 valence electrons. The highest BCUT2D eigenvalue weighted by Crippen LogP contribution is 2.28. The molecule has 1 fully saturated rings. The molecule has 2 atom stereocenters. The summed E-state index contributed by atoms with van der Waals surface area (Å²) >= 11 is 0. The monoisotopic (exact) mass is 371 g/mol. The molecule has 1 N–H and O–H groups in total. The lowest BCUT2D eigenvalue weighted by Gasteiger charge is -2.33. The first-order chi connectivity index (χ1) is 11.7. The number of hydrogen-bond donors (Lipinski definition) is 1. The molecule has 1 aliphatic rings. The third kappa shape index (κ3) is 4.70. The highest BCUT2D eigenvalue weighted by atomic mass is 32.2. The minimum absolute atomic E-state index is 0.0349. The Bertz CT molecular complexity index is 729. The third-order valence-corrected chi connectivity index (χ3v) is 5.87. The van der Waals surface area contributed by atoms with Gasteiger partial charge in [0.2, 0.25) is 10.0 Å². The fraction of sp³-hybridized carbons (Fsp3) is 0.500. The van der Waals surface area contributed by atoms with Crippen LogP contribution in [0.2, 0.25) is 0 Å². The molecule has 0 radical (unpaired) electrons. The maximum absolute atomic E-state index is 12.7. The van der Waals surface area contributed by atoms with Crippen LogP contribution in [0.3, 0.4) is 0 Å². The van der Waals surface area contributed by atoms with Crippen LogP contribution in [0, 0.1) is 11.8 Å². The van der Waals surface area contributed by atoms with Gasteiger partial charge in [-0.15, -0.1) is 0 Å². The van der Waals surface area contributed by atoms with Crippen molar-refractivity contribution in [2.75, 3.05) is 26.8 Å². The highest BCUT2D eigenvalue weighted by Gasteiger charge is 2.36. The number of nitrogens with zero attached hydrogens (tertiary/aromatic N) is 1. The van der Waals surface area contributed by atoms with Crippen LogP contribution >= 0.6 is 0 Å². The van der Waals surface area contributed by atoms with Crippen molar-refractivity contribution in [3.8, 4) is 5.75 Å². The van der Waals surface area contributed by atoms with Crippen LogP contribution in [0.25, 0.3) is 0 Å². The van der Waals surface area contributed by atoms with Crippen molar-refractivity contribution in [3.63, 3.8) is 0 Å². The fourth-order valence-electron chi connectivity index (χ4n) is 2.74. The molecule has 0 saturated carbocycles. The average molecular weight is 371 g/mol. The van der Waals surface area contributed by atoms with Gasteiger partial charge in [0, 0.05) is 13.1 Å². The molecule has 0 bridgehead atoms. The van der Waals surface area contributed by atoms with Crippen LogP contribution in [0.1, 0.15) is 13.3 Å². The summed E-state index contributed by atoms with van der Waals surface area (Å²) in [4.78, 5) is 22.3. The summed E-state index contributed by atoms with van der Waals surface area (Å²) in [5, 5.41) is 9.19. The summed E-state index contributed by atoms with van der Waals surface area (Å²) in [5.74, 6) is -1.94. The van der Waals surface area contributed by atoms with Gasteiger partial charge in [-0.05, 0) is 36.6 Å². The Morgan fingerprint density at radius 3 is 2.44 bits per heavy atom. The number of esters is 1. The van der Waals surface area contributed by atoms with E-state index < -0.39 is 27.9 Å². The van der Waals surface area contributed by atoms with Crippen LogP contribution < -0.4 is 4.74 Å². The Morgan fingerprint density at radius 2 is 1.88 bits per heavy atom. The molecule has 1 saturated heterocycles. The van der Waals surface area contributed by atoms with Crippen molar-refractivity contribution < 1.29 is 32.6 Å². The van der Waals surface area contributed by atoms with Gasteiger partial charge >= 0.3 is 11.9 Å². The van der Waals surface area contributed by atoms with E-state index in [1.54, 1.807) is 0 Å². The van der Waals surface area contributed by atoms with Crippen molar-refractivity contribution in [3.05, 3.63) is 24.3 Å². The van der Waals surface area contributed by atoms with Crippen LogP contribution in [0.15, 0.2) is 29.2 Å². The number of ether oxygens (including phenoxy) is 2. The van der Waals surface area contributed by atoms with Gasteiger partial charge in [-0.3, -0.25) is 4.79 Å². The van der Waals surface area contributed by atoms with E-state index in [0.717, 1.165) is 0 Å². The number of methoxy groups -OCH3 is 1. The molecule has 0 spiro atoms. The molecule has 2 unspecified atom stereocenters. The second-order valence-corrected chi connectivity index (χ2v) is 7.97. The Labute approximate surface area is 146 Å². The molecule has 1 aromatic carbocycles. The number of rotatable bonds is 6. The molecule has 8 nitrogen and oxygen atoms in total. The zero-order chi connectivity index (χ0) is 18.6. The predicted octanol–water partition coefficient (Wildman–Crippen LogP) is 0.970. The Kier molecular flexibility index (Phi) is 6.02. The minimum atomic E-state index is -3.79. The average Bonchev–Trinajstić information content (AvgIpc) is 2.59. The molecular weight excluding hydrogens is 350 g/mol. The number of carbonyl (C=O) groups is 2. The largest absolute Gasteiger partial charge is 0.482 e. The molecule has 2 rings (SSSR count). The summed E-state index contributed by atoms with van der Waals surface area (Å²) in [6.45, 7) is 1.81. The maximum atomic E-state index is 12.7. The summed E-state index contributed by atoms with van der Waals surface area (Å²) in [6.07, 6.45) is 0.460. The van der Waals surface area contributed by atoms with E-state index in [-0.39, 0.29) is 30.5 Å². The normalized spacial score (nSPS) is 21.5. The van der Waals surface area contributed by atoms with Gasteiger partial charge in [-0.1, -0.05) is 6.92 Å². The Balaban J connectivity index is 2.13. The van der Waals surface area contributed by atoms with Crippen molar-refractivity contribution in [1.29, 1.82) is 0 Å². The second-order valence-electron chi connectivity index (χ2n) is 6.03. The van der Waals surface area contributed by atoms with E-state index in [1.165, 1.54) is 35.7 Å². The number of carboxylic acids is 1. The third-order valence-electron chi connectivity index (χ3n) is 4.02. The minimum Gasteiger partial charge on any atom is -0.482 e. The maximum Gasteiger partial charge on any atom is 0.343 e. The molecular formula is C16H21NO7S. The molecule has 0 aliphatic carbocycles. The van der Waals surface area contributed by atoms with E-state index >= 15 is 0 Å². The quantitative estimate of drug-likeness (QED) is 0.742. The lowest BCUT2D eigenvalue weighted by molar-refractivity contribution is -0.144. The van der Waals surface area contributed by atoms with Crippen LogP contribution in [0.5, 0.6) is 5.75 Å². The van der Waals surface area contributed by atoms with E-state index in [9.17, 15) is 23.1 Å². The van der Waals surface area contributed by atoms with Crippen LogP contribution in [0.4, 0.5) is 0 Å². The zero-order valence-corrected chi connectivity index (χ0v) is 14.9. The van der Waals surface area contributed by atoms with E-state index in [1.807, 2.05) is 6.92 Å². The highest BCUT2D eigenvalue weighted by molar-refractivity contribution is 7.89. The van der Waals surface area contributed by atoms with Gasteiger partial charge in [-0.25, -0.2) is 13.2 Å². The topological polar surface area (TPSA) is 110 Å². The predicted molar refractivity (Wildman–Crippen MR) is 87.6 cm³/mol. The number of benzene rings is 1. The van der Waals surface area contributed by atoms with Gasteiger partial charge < -0.3 is 14.6 Å². The molecule has 0 amide bonds. The van der Waals surface area contributed by atoms with Crippen molar-refractivity contribution >= 4 is 22.0 Å². The van der Waals surface area contributed by atoms with Gasteiger partial charge in [0.25, 0.3) is 0 Å². The smallest absolute Gasteiger partial charge is 0.343 e. The van der Waals surface area contributed by atoms with Gasteiger partial charge in [0.1, 0.15) is 5.75 Å². The van der Waals surface area contributed by atoms with Crippen molar-refractivity contribution in [2.45, 2.75) is 18.2 Å². The number of carboxylic acid groups (broad SMARTS) is 1. The molecule has 1 aliphatic heterocycles. The van der Waals surface area contributed by atoms with Crippen LogP contribution in [-0.4, -0.2) is 56.6 Å². The molecule has 0 aromatic heterocycles. The number of aliphatic carboxylic acids is 1. The van der Waals surface area contributed by atoms with E-state index in [4.69, 9.17) is 4.74 Å². The standard InChI is InChI=1S/C16H21NO7S/c1-11-7-12(16(19)20)9-17(8-11)25(21,22)14-5-3-13(4-6-14)24-10-15(18)23-2/h3-6,11-12H,7-10H2,1-2H3,(H,19,20). The Morgan fingerprint density at radius 1 is 1.24 bits per heavy atom. The lowest BCUT2D eigenvalue weighted by Crippen LogP contribution is -2.45. The summed E-state index contributed by atoms with van der Waals surface area (Å²) in [7, 11) is -2.55. The second kappa shape index (κ2) is 7.83. The molecule has 1 heterocycles.